The molecular weight excluding hydrogens is 330 g/mol. The number of H-pyrrole nitrogens is 1. The van der Waals surface area contributed by atoms with Crippen LogP contribution in [0.25, 0.3) is 10.9 Å². The molecule has 2 aliphatic rings. The fraction of sp³-hybridized carbons (Fsp3) is 0.300. The van der Waals surface area contributed by atoms with Gasteiger partial charge in [0.2, 0.25) is 6.79 Å². The summed E-state index contributed by atoms with van der Waals surface area (Å²) in [5, 5.41) is 0.630. The summed E-state index contributed by atoms with van der Waals surface area (Å²) in [6, 6.07) is 13.9. The third-order valence-corrected chi connectivity index (χ3v) is 5.16. The van der Waals surface area contributed by atoms with Gasteiger partial charge in [-0.3, -0.25) is 9.69 Å². The summed E-state index contributed by atoms with van der Waals surface area (Å²) < 4.78 is 10.9. The molecule has 1 N–H and O–H groups in total. The molecule has 0 spiro atoms. The van der Waals surface area contributed by atoms with Crippen molar-refractivity contribution in [2.24, 2.45) is 0 Å². The highest BCUT2D eigenvalue weighted by Gasteiger charge is 2.28. The minimum absolute atomic E-state index is 0.0792. The third kappa shape index (κ3) is 2.63. The SMILES string of the molecule is O=c1[nH]c(CN2CCC[C@H]2c2ccc3c(c2)OCO3)nc2ccccc12. The smallest absolute Gasteiger partial charge is 0.258 e. The van der Waals surface area contributed by atoms with Crippen molar-refractivity contribution < 1.29 is 9.47 Å². The molecule has 132 valence electrons. The number of rotatable bonds is 3. The molecule has 26 heavy (non-hydrogen) atoms. The first-order valence-corrected chi connectivity index (χ1v) is 8.89. The van der Waals surface area contributed by atoms with Crippen LogP contribution >= 0.6 is 0 Å². The Labute approximate surface area is 150 Å². The molecule has 0 bridgehead atoms. The lowest BCUT2D eigenvalue weighted by Gasteiger charge is -2.24. The van der Waals surface area contributed by atoms with Crippen LogP contribution in [0.15, 0.2) is 47.3 Å². The maximum atomic E-state index is 12.3. The molecule has 3 aromatic rings. The van der Waals surface area contributed by atoms with Gasteiger partial charge < -0.3 is 14.5 Å². The second-order valence-electron chi connectivity index (χ2n) is 6.77. The van der Waals surface area contributed by atoms with E-state index in [0.717, 1.165) is 36.4 Å². The van der Waals surface area contributed by atoms with E-state index >= 15 is 0 Å². The number of nitrogens with one attached hydrogen (secondary N) is 1. The molecule has 5 rings (SSSR count). The van der Waals surface area contributed by atoms with E-state index in [9.17, 15) is 4.79 Å². The van der Waals surface area contributed by atoms with Gasteiger partial charge in [0.15, 0.2) is 11.5 Å². The molecule has 1 saturated heterocycles. The molecule has 0 radical (unpaired) electrons. The minimum atomic E-state index is -0.0792. The lowest BCUT2D eigenvalue weighted by molar-refractivity contribution is 0.173. The predicted molar refractivity (Wildman–Crippen MR) is 97.3 cm³/mol. The molecule has 3 heterocycles. The maximum absolute atomic E-state index is 12.3. The van der Waals surface area contributed by atoms with Crippen molar-refractivity contribution in [3.8, 4) is 11.5 Å². The Balaban J connectivity index is 1.44. The van der Waals surface area contributed by atoms with Gasteiger partial charge in [-0.05, 0) is 49.2 Å². The number of hydrogen-bond donors (Lipinski definition) is 1. The zero-order valence-corrected chi connectivity index (χ0v) is 14.3. The lowest BCUT2D eigenvalue weighted by Crippen LogP contribution is -2.25. The lowest BCUT2D eigenvalue weighted by atomic mass is 10.0. The molecular formula is C20H19N3O3. The Morgan fingerprint density at radius 3 is 3.00 bits per heavy atom. The largest absolute Gasteiger partial charge is 0.454 e. The second-order valence-corrected chi connectivity index (χ2v) is 6.77. The van der Waals surface area contributed by atoms with E-state index in [-0.39, 0.29) is 12.4 Å². The normalized spacial score (nSPS) is 19.3. The quantitative estimate of drug-likeness (QED) is 0.787. The highest BCUT2D eigenvalue weighted by atomic mass is 16.7. The number of ether oxygens (including phenoxy) is 2. The highest BCUT2D eigenvalue weighted by Crippen LogP contribution is 2.39. The molecule has 6 heteroatoms. The predicted octanol–water partition coefficient (Wildman–Crippen LogP) is 2.99. The van der Waals surface area contributed by atoms with Gasteiger partial charge in [0.25, 0.3) is 5.56 Å². The van der Waals surface area contributed by atoms with Crippen molar-refractivity contribution in [2.75, 3.05) is 13.3 Å². The zero-order valence-electron chi connectivity index (χ0n) is 14.3. The van der Waals surface area contributed by atoms with Gasteiger partial charge in [0.05, 0.1) is 17.4 Å². The topological polar surface area (TPSA) is 67.5 Å². The first-order valence-electron chi connectivity index (χ1n) is 8.89. The third-order valence-electron chi connectivity index (χ3n) is 5.16. The zero-order chi connectivity index (χ0) is 17.5. The number of aromatic nitrogens is 2. The van der Waals surface area contributed by atoms with Gasteiger partial charge >= 0.3 is 0 Å². The number of nitrogens with zero attached hydrogens (tertiary/aromatic N) is 2. The van der Waals surface area contributed by atoms with Crippen molar-refractivity contribution in [2.45, 2.75) is 25.4 Å². The van der Waals surface area contributed by atoms with Crippen molar-refractivity contribution in [3.05, 3.63) is 64.2 Å². The number of hydrogen-bond acceptors (Lipinski definition) is 5. The van der Waals surface area contributed by atoms with E-state index in [1.165, 1.54) is 5.56 Å². The first-order chi connectivity index (χ1) is 12.8. The summed E-state index contributed by atoms with van der Waals surface area (Å²) in [5.74, 6) is 2.33. The summed E-state index contributed by atoms with van der Waals surface area (Å²) in [4.78, 5) is 22.3. The van der Waals surface area contributed by atoms with E-state index in [1.54, 1.807) is 6.07 Å². The Kier molecular flexibility index (Phi) is 3.64. The Morgan fingerprint density at radius 1 is 1.15 bits per heavy atom. The molecule has 2 aliphatic heterocycles. The average molecular weight is 349 g/mol. The molecule has 6 nitrogen and oxygen atoms in total. The van der Waals surface area contributed by atoms with E-state index in [2.05, 4.69) is 27.0 Å². The fourth-order valence-corrected chi connectivity index (χ4v) is 3.92. The van der Waals surface area contributed by atoms with Crippen molar-refractivity contribution in [1.82, 2.24) is 14.9 Å². The summed E-state index contributed by atoms with van der Waals surface area (Å²) in [7, 11) is 0. The summed E-state index contributed by atoms with van der Waals surface area (Å²) in [5.41, 5.74) is 1.88. The van der Waals surface area contributed by atoms with Crippen LogP contribution in [0, 0.1) is 0 Å². The van der Waals surface area contributed by atoms with Crippen LogP contribution < -0.4 is 15.0 Å². The van der Waals surface area contributed by atoms with E-state index in [0.29, 0.717) is 23.8 Å². The molecule has 2 aromatic carbocycles. The molecule has 1 aromatic heterocycles. The summed E-state index contributed by atoms with van der Waals surface area (Å²) >= 11 is 0. The van der Waals surface area contributed by atoms with Crippen LogP contribution in [0.5, 0.6) is 11.5 Å². The number of fused-ring (bicyclic) bond motifs is 2. The number of likely N-dealkylation sites (tertiary alicyclic amines) is 1. The second kappa shape index (κ2) is 6.14. The Bertz CT molecular complexity index is 1030. The van der Waals surface area contributed by atoms with Gasteiger partial charge in [-0.1, -0.05) is 18.2 Å². The molecule has 0 amide bonds. The molecule has 1 atom stereocenters. The van der Waals surface area contributed by atoms with Gasteiger partial charge in [0, 0.05) is 6.04 Å². The van der Waals surface area contributed by atoms with Crippen molar-refractivity contribution >= 4 is 10.9 Å². The number of benzene rings is 2. The van der Waals surface area contributed by atoms with Crippen LogP contribution in [0.2, 0.25) is 0 Å². The van der Waals surface area contributed by atoms with Gasteiger partial charge in [-0.25, -0.2) is 4.98 Å². The Hall–Kier alpha value is -2.86. The molecule has 0 saturated carbocycles. The van der Waals surface area contributed by atoms with Crippen LogP contribution in [0.1, 0.15) is 30.3 Å². The number of para-hydroxylation sites is 1. The monoisotopic (exact) mass is 349 g/mol. The summed E-state index contributed by atoms with van der Waals surface area (Å²) in [6.45, 7) is 1.89. The van der Waals surface area contributed by atoms with Gasteiger partial charge in [0.1, 0.15) is 5.82 Å². The molecule has 0 aliphatic carbocycles. The van der Waals surface area contributed by atoms with Gasteiger partial charge in [-0.2, -0.15) is 0 Å². The minimum Gasteiger partial charge on any atom is -0.454 e. The van der Waals surface area contributed by atoms with Gasteiger partial charge in [-0.15, -0.1) is 0 Å². The van der Waals surface area contributed by atoms with Crippen LogP contribution in [0.4, 0.5) is 0 Å². The van der Waals surface area contributed by atoms with Crippen molar-refractivity contribution in [3.63, 3.8) is 0 Å². The number of aromatic amines is 1. The standard InChI is InChI=1S/C20H19N3O3/c24-20-14-4-1-2-5-15(14)21-19(22-20)11-23-9-3-6-16(23)13-7-8-17-18(10-13)26-12-25-17/h1-2,4-5,7-8,10,16H,3,6,9,11-12H2,(H,21,22,24)/t16-/m0/s1. The van der Waals surface area contributed by atoms with Crippen LogP contribution in [-0.4, -0.2) is 28.2 Å². The van der Waals surface area contributed by atoms with Crippen LogP contribution in [0.3, 0.4) is 0 Å². The Morgan fingerprint density at radius 2 is 2.04 bits per heavy atom. The maximum Gasteiger partial charge on any atom is 0.258 e. The van der Waals surface area contributed by atoms with E-state index in [1.807, 2.05) is 24.3 Å². The molecule has 1 fully saturated rings. The first kappa shape index (κ1) is 15.4. The summed E-state index contributed by atoms with van der Waals surface area (Å²) in [6.07, 6.45) is 2.20. The van der Waals surface area contributed by atoms with Crippen LogP contribution in [-0.2, 0) is 6.54 Å². The molecule has 0 unspecified atom stereocenters. The van der Waals surface area contributed by atoms with Crippen molar-refractivity contribution in [1.29, 1.82) is 0 Å². The highest BCUT2D eigenvalue weighted by molar-refractivity contribution is 5.77. The average Bonchev–Trinajstić information content (AvgIpc) is 3.30. The van der Waals surface area contributed by atoms with E-state index in [4.69, 9.17) is 9.47 Å². The fourth-order valence-electron chi connectivity index (χ4n) is 3.92. The van der Waals surface area contributed by atoms with E-state index < -0.39 is 0 Å².